The van der Waals surface area contributed by atoms with Crippen molar-refractivity contribution in [2.75, 3.05) is 26.2 Å². The van der Waals surface area contributed by atoms with Crippen molar-refractivity contribution in [3.63, 3.8) is 0 Å². The van der Waals surface area contributed by atoms with Gasteiger partial charge in [-0.1, -0.05) is 19.8 Å². The van der Waals surface area contributed by atoms with Crippen molar-refractivity contribution in [1.29, 1.82) is 0 Å². The summed E-state index contributed by atoms with van der Waals surface area (Å²) >= 11 is 0. The van der Waals surface area contributed by atoms with E-state index in [0.29, 0.717) is 44.8 Å². The van der Waals surface area contributed by atoms with Crippen LogP contribution < -0.4 is 10.1 Å². The van der Waals surface area contributed by atoms with Crippen molar-refractivity contribution < 1.29 is 17.9 Å². The number of benzene rings is 1. The minimum atomic E-state index is -3.52. The minimum Gasteiger partial charge on any atom is -0.494 e. The number of hydrogen-bond acceptors (Lipinski definition) is 4. The Bertz CT molecular complexity index is 665. The predicted octanol–water partition coefficient (Wildman–Crippen LogP) is 2.79. The Labute approximate surface area is 157 Å². The number of amides is 1. The second-order valence-corrected chi connectivity index (χ2v) is 8.52. The molecule has 1 aromatic rings. The van der Waals surface area contributed by atoms with Crippen LogP contribution in [0.3, 0.4) is 0 Å². The summed E-state index contributed by atoms with van der Waals surface area (Å²) in [6.07, 6.45) is 4.36. The van der Waals surface area contributed by atoms with E-state index in [1.54, 1.807) is 24.3 Å². The number of hydrogen-bond donors (Lipinski definition) is 1. The van der Waals surface area contributed by atoms with Crippen LogP contribution in [-0.2, 0) is 14.8 Å². The Morgan fingerprint density at radius 1 is 1.15 bits per heavy atom. The van der Waals surface area contributed by atoms with Gasteiger partial charge in [0.05, 0.1) is 11.5 Å². The number of nitrogens with one attached hydrogen (secondary N) is 1. The average Bonchev–Trinajstić information content (AvgIpc) is 2.66. The lowest BCUT2D eigenvalue weighted by molar-refractivity contribution is -0.126. The van der Waals surface area contributed by atoms with Gasteiger partial charge in [-0.2, -0.15) is 4.31 Å². The lowest BCUT2D eigenvalue weighted by atomic mass is 9.97. The molecule has 26 heavy (non-hydrogen) atoms. The summed E-state index contributed by atoms with van der Waals surface area (Å²) in [6, 6.07) is 6.50. The molecule has 1 aromatic carbocycles. The number of carbonyl (C=O) groups excluding carboxylic acids is 1. The van der Waals surface area contributed by atoms with E-state index in [4.69, 9.17) is 4.74 Å². The molecule has 1 fully saturated rings. The maximum atomic E-state index is 12.8. The fourth-order valence-electron chi connectivity index (χ4n) is 3.11. The number of unbranched alkanes of at least 4 members (excludes halogenated alkanes) is 2. The fraction of sp³-hybridized carbons (Fsp3) is 0.632. The highest BCUT2D eigenvalue weighted by molar-refractivity contribution is 7.89. The molecule has 1 aliphatic heterocycles. The highest BCUT2D eigenvalue weighted by Gasteiger charge is 2.31. The summed E-state index contributed by atoms with van der Waals surface area (Å²) in [4.78, 5) is 12.5. The molecule has 1 saturated heterocycles. The summed E-state index contributed by atoms with van der Waals surface area (Å²) in [5.41, 5.74) is 0. The number of ether oxygens (including phenoxy) is 1. The fourth-order valence-corrected chi connectivity index (χ4v) is 4.58. The van der Waals surface area contributed by atoms with E-state index >= 15 is 0 Å². The van der Waals surface area contributed by atoms with E-state index in [1.165, 1.54) is 4.31 Å². The second-order valence-electron chi connectivity index (χ2n) is 6.58. The van der Waals surface area contributed by atoms with Crippen LogP contribution >= 0.6 is 0 Å². The van der Waals surface area contributed by atoms with Crippen LogP contribution in [0.15, 0.2) is 29.2 Å². The molecule has 0 atom stereocenters. The summed E-state index contributed by atoms with van der Waals surface area (Å²) in [5, 5.41) is 2.97. The van der Waals surface area contributed by atoms with Crippen LogP contribution in [0, 0.1) is 5.92 Å². The lowest BCUT2D eigenvalue weighted by Crippen LogP contribution is -2.43. The van der Waals surface area contributed by atoms with Crippen molar-refractivity contribution in [1.82, 2.24) is 9.62 Å². The minimum absolute atomic E-state index is 0.0548. The van der Waals surface area contributed by atoms with Gasteiger partial charge >= 0.3 is 0 Å². The molecule has 0 aliphatic carbocycles. The first-order valence-electron chi connectivity index (χ1n) is 9.49. The van der Waals surface area contributed by atoms with Crippen molar-refractivity contribution in [2.45, 2.75) is 50.8 Å². The largest absolute Gasteiger partial charge is 0.494 e. The first kappa shape index (κ1) is 20.7. The quantitative estimate of drug-likeness (QED) is 0.667. The van der Waals surface area contributed by atoms with Crippen LogP contribution in [0.5, 0.6) is 5.75 Å². The topological polar surface area (TPSA) is 75.7 Å². The van der Waals surface area contributed by atoms with Gasteiger partial charge in [0.15, 0.2) is 0 Å². The summed E-state index contributed by atoms with van der Waals surface area (Å²) in [7, 11) is -3.52. The highest BCUT2D eigenvalue weighted by Crippen LogP contribution is 2.25. The Balaban J connectivity index is 1.88. The standard InChI is InChI=1S/C19H30N2O4S/c1-3-5-6-13-20-19(22)16-11-14-21(15-12-16)26(23,24)18-9-7-17(8-10-18)25-4-2/h7-10,16H,3-6,11-15H2,1-2H3,(H,20,22). The highest BCUT2D eigenvalue weighted by atomic mass is 32.2. The van der Waals surface area contributed by atoms with Gasteiger partial charge in [-0.05, 0) is 50.5 Å². The molecule has 0 unspecified atom stereocenters. The zero-order valence-corrected chi connectivity index (χ0v) is 16.6. The molecule has 7 heteroatoms. The van der Waals surface area contributed by atoms with Gasteiger partial charge in [-0.3, -0.25) is 4.79 Å². The molecule has 1 amide bonds. The van der Waals surface area contributed by atoms with Gasteiger partial charge in [0.25, 0.3) is 0 Å². The molecule has 0 bridgehead atoms. The van der Waals surface area contributed by atoms with Crippen molar-refractivity contribution in [3.05, 3.63) is 24.3 Å². The average molecular weight is 383 g/mol. The molecule has 0 saturated carbocycles. The van der Waals surface area contributed by atoms with Crippen LogP contribution in [0.1, 0.15) is 46.0 Å². The molecule has 1 heterocycles. The van der Waals surface area contributed by atoms with Crippen LogP contribution in [0.2, 0.25) is 0 Å². The van der Waals surface area contributed by atoms with E-state index < -0.39 is 10.0 Å². The maximum absolute atomic E-state index is 12.8. The molecular formula is C19H30N2O4S. The van der Waals surface area contributed by atoms with E-state index in [9.17, 15) is 13.2 Å². The Hall–Kier alpha value is -1.60. The third-order valence-electron chi connectivity index (χ3n) is 4.68. The van der Waals surface area contributed by atoms with E-state index in [2.05, 4.69) is 12.2 Å². The first-order valence-corrected chi connectivity index (χ1v) is 10.9. The Kier molecular flexibility index (Phi) is 7.90. The van der Waals surface area contributed by atoms with Crippen molar-refractivity contribution in [3.8, 4) is 5.75 Å². The third-order valence-corrected chi connectivity index (χ3v) is 6.59. The number of nitrogens with zero attached hydrogens (tertiary/aromatic N) is 1. The number of rotatable bonds is 9. The van der Waals surface area contributed by atoms with E-state index in [-0.39, 0.29) is 16.7 Å². The molecule has 0 aromatic heterocycles. The van der Waals surface area contributed by atoms with E-state index in [0.717, 1.165) is 19.3 Å². The summed E-state index contributed by atoms with van der Waals surface area (Å²) in [5.74, 6) is 0.618. The second kappa shape index (κ2) is 9.92. The SMILES string of the molecule is CCCCCNC(=O)C1CCN(S(=O)(=O)c2ccc(OCC)cc2)CC1. The molecular weight excluding hydrogens is 352 g/mol. The summed E-state index contributed by atoms with van der Waals surface area (Å²) < 4.78 is 32.4. The Morgan fingerprint density at radius 2 is 1.81 bits per heavy atom. The zero-order valence-electron chi connectivity index (χ0n) is 15.7. The molecule has 2 rings (SSSR count). The smallest absolute Gasteiger partial charge is 0.243 e. The molecule has 146 valence electrons. The summed E-state index contributed by atoms with van der Waals surface area (Å²) in [6.45, 7) is 6.01. The Morgan fingerprint density at radius 3 is 2.38 bits per heavy atom. The van der Waals surface area contributed by atoms with Gasteiger partial charge in [-0.25, -0.2) is 8.42 Å². The lowest BCUT2D eigenvalue weighted by Gasteiger charge is -2.30. The van der Waals surface area contributed by atoms with Crippen molar-refractivity contribution >= 4 is 15.9 Å². The number of sulfonamides is 1. The normalized spacial score (nSPS) is 16.4. The van der Waals surface area contributed by atoms with Crippen LogP contribution in [-0.4, -0.2) is 44.9 Å². The maximum Gasteiger partial charge on any atom is 0.243 e. The van der Waals surface area contributed by atoms with Crippen LogP contribution in [0.25, 0.3) is 0 Å². The molecule has 6 nitrogen and oxygen atoms in total. The monoisotopic (exact) mass is 382 g/mol. The van der Waals surface area contributed by atoms with Gasteiger partial charge < -0.3 is 10.1 Å². The predicted molar refractivity (Wildman–Crippen MR) is 102 cm³/mol. The third kappa shape index (κ3) is 5.45. The number of carbonyl (C=O) groups is 1. The first-order chi connectivity index (χ1) is 12.5. The van der Waals surface area contributed by atoms with E-state index in [1.807, 2.05) is 6.92 Å². The van der Waals surface area contributed by atoms with Gasteiger partial charge in [-0.15, -0.1) is 0 Å². The van der Waals surface area contributed by atoms with Gasteiger partial charge in [0, 0.05) is 25.6 Å². The number of piperidine rings is 1. The zero-order chi connectivity index (χ0) is 19.0. The van der Waals surface area contributed by atoms with Crippen LogP contribution in [0.4, 0.5) is 0 Å². The van der Waals surface area contributed by atoms with Gasteiger partial charge in [0.1, 0.15) is 5.75 Å². The molecule has 1 aliphatic rings. The molecule has 0 spiro atoms. The van der Waals surface area contributed by atoms with Gasteiger partial charge in [0.2, 0.25) is 15.9 Å². The molecule has 0 radical (unpaired) electrons. The molecule has 1 N–H and O–H groups in total. The van der Waals surface area contributed by atoms with Crippen molar-refractivity contribution in [2.24, 2.45) is 5.92 Å².